The molecule has 0 saturated heterocycles. The van der Waals surface area contributed by atoms with Crippen LogP contribution in [0.3, 0.4) is 0 Å². The van der Waals surface area contributed by atoms with Gasteiger partial charge in [-0.1, -0.05) is 23.8 Å². The number of hydrogen-bond acceptors (Lipinski definition) is 2. The van der Waals surface area contributed by atoms with Crippen molar-refractivity contribution in [1.82, 2.24) is 9.55 Å². The van der Waals surface area contributed by atoms with E-state index in [-0.39, 0.29) is 5.82 Å². The first-order valence-corrected chi connectivity index (χ1v) is 6.30. The van der Waals surface area contributed by atoms with E-state index in [0.717, 1.165) is 16.8 Å². The third-order valence-corrected chi connectivity index (χ3v) is 3.18. The van der Waals surface area contributed by atoms with Crippen LogP contribution in [0.1, 0.15) is 5.56 Å². The molecular formula is C16H14FN3. The van der Waals surface area contributed by atoms with Crippen molar-refractivity contribution >= 4 is 5.69 Å². The highest BCUT2D eigenvalue weighted by Crippen LogP contribution is 2.25. The number of nitrogen functional groups attached to an aromatic ring is 1. The molecule has 100 valence electrons. The molecule has 0 aliphatic carbocycles. The summed E-state index contributed by atoms with van der Waals surface area (Å²) in [6.07, 6.45) is 3.31. The van der Waals surface area contributed by atoms with Crippen molar-refractivity contribution in [2.45, 2.75) is 6.92 Å². The molecule has 0 aliphatic rings. The van der Waals surface area contributed by atoms with Crippen LogP contribution in [-0.2, 0) is 0 Å². The summed E-state index contributed by atoms with van der Waals surface area (Å²) < 4.78 is 15.7. The zero-order valence-electron chi connectivity index (χ0n) is 11.0. The number of anilines is 1. The summed E-state index contributed by atoms with van der Waals surface area (Å²) in [7, 11) is 0. The second-order valence-corrected chi connectivity index (χ2v) is 4.73. The monoisotopic (exact) mass is 267 g/mol. The Bertz CT molecular complexity index is 762. The zero-order valence-corrected chi connectivity index (χ0v) is 11.0. The van der Waals surface area contributed by atoms with Gasteiger partial charge in [0.15, 0.2) is 0 Å². The third-order valence-electron chi connectivity index (χ3n) is 3.18. The maximum Gasteiger partial charge on any atom is 0.147 e. The van der Waals surface area contributed by atoms with Crippen LogP contribution in [0, 0.1) is 12.7 Å². The lowest BCUT2D eigenvalue weighted by Gasteiger charge is -2.10. The standard InChI is InChI=1S/C16H14FN3/c1-11-3-2-4-12(7-11)16-9-19-10-20(16)15-8-13(18)5-6-14(15)17/h2-10H,18H2,1H3. The van der Waals surface area contributed by atoms with Gasteiger partial charge in [-0.2, -0.15) is 0 Å². The second-order valence-electron chi connectivity index (χ2n) is 4.73. The average Bonchev–Trinajstić information content (AvgIpc) is 2.90. The molecule has 2 N–H and O–H groups in total. The summed E-state index contributed by atoms with van der Waals surface area (Å²) in [4.78, 5) is 4.13. The van der Waals surface area contributed by atoms with E-state index in [9.17, 15) is 4.39 Å². The van der Waals surface area contributed by atoms with Crippen molar-refractivity contribution in [3.05, 3.63) is 66.4 Å². The Morgan fingerprint density at radius 2 is 2.00 bits per heavy atom. The normalized spacial score (nSPS) is 10.7. The Labute approximate surface area is 116 Å². The molecule has 0 unspecified atom stereocenters. The van der Waals surface area contributed by atoms with E-state index in [1.807, 2.05) is 31.2 Å². The Morgan fingerprint density at radius 1 is 1.15 bits per heavy atom. The number of aryl methyl sites for hydroxylation is 1. The molecule has 0 amide bonds. The molecule has 0 atom stereocenters. The fourth-order valence-corrected chi connectivity index (χ4v) is 2.22. The number of benzene rings is 2. The van der Waals surface area contributed by atoms with Crippen LogP contribution >= 0.6 is 0 Å². The van der Waals surface area contributed by atoms with Crippen molar-refractivity contribution in [3.8, 4) is 16.9 Å². The number of nitrogens with two attached hydrogens (primary N) is 1. The van der Waals surface area contributed by atoms with E-state index in [2.05, 4.69) is 4.98 Å². The largest absolute Gasteiger partial charge is 0.399 e. The molecule has 0 bridgehead atoms. The molecule has 0 spiro atoms. The van der Waals surface area contributed by atoms with Gasteiger partial charge in [-0.05, 0) is 31.2 Å². The molecule has 0 fully saturated rings. The number of imidazole rings is 1. The molecule has 1 aromatic heterocycles. The highest BCUT2D eigenvalue weighted by Gasteiger charge is 2.11. The molecular weight excluding hydrogens is 253 g/mol. The molecule has 4 heteroatoms. The number of aromatic nitrogens is 2. The summed E-state index contributed by atoms with van der Waals surface area (Å²) >= 11 is 0. The molecule has 0 aliphatic heterocycles. The molecule has 3 aromatic rings. The maximum atomic E-state index is 14.0. The average molecular weight is 267 g/mol. The van der Waals surface area contributed by atoms with Gasteiger partial charge in [-0.25, -0.2) is 9.37 Å². The van der Waals surface area contributed by atoms with Crippen molar-refractivity contribution in [2.75, 3.05) is 5.73 Å². The lowest BCUT2D eigenvalue weighted by atomic mass is 10.1. The number of nitrogens with zero attached hydrogens (tertiary/aromatic N) is 2. The first-order valence-electron chi connectivity index (χ1n) is 6.30. The fraction of sp³-hybridized carbons (Fsp3) is 0.0625. The van der Waals surface area contributed by atoms with E-state index in [0.29, 0.717) is 11.4 Å². The van der Waals surface area contributed by atoms with Crippen LogP contribution < -0.4 is 5.73 Å². The summed E-state index contributed by atoms with van der Waals surface area (Å²) in [5.41, 5.74) is 9.63. The number of halogens is 1. The number of rotatable bonds is 2. The lowest BCUT2D eigenvalue weighted by Crippen LogP contribution is -2.00. The van der Waals surface area contributed by atoms with E-state index in [4.69, 9.17) is 5.73 Å². The Balaban J connectivity index is 2.18. The van der Waals surface area contributed by atoms with Crippen LogP contribution in [0.5, 0.6) is 0 Å². The molecule has 3 nitrogen and oxygen atoms in total. The van der Waals surface area contributed by atoms with Gasteiger partial charge in [0, 0.05) is 11.3 Å². The van der Waals surface area contributed by atoms with Gasteiger partial charge in [-0.15, -0.1) is 0 Å². The topological polar surface area (TPSA) is 43.8 Å². The van der Waals surface area contributed by atoms with E-state index in [1.165, 1.54) is 6.07 Å². The first-order chi connectivity index (χ1) is 9.65. The van der Waals surface area contributed by atoms with Crippen molar-refractivity contribution in [1.29, 1.82) is 0 Å². The van der Waals surface area contributed by atoms with E-state index in [1.54, 1.807) is 29.2 Å². The Morgan fingerprint density at radius 3 is 2.80 bits per heavy atom. The molecule has 0 saturated carbocycles. The molecule has 1 heterocycles. The first kappa shape index (κ1) is 12.4. The van der Waals surface area contributed by atoms with Crippen LogP contribution in [0.15, 0.2) is 55.0 Å². The van der Waals surface area contributed by atoms with E-state index < -0.39 is 0 Å². The maximum absolute atomic E-state index is 14.0. The van der Waals surface area contributed by atoms with Gasteiger partial charge in [0.2, 0.25) is 0 Å². The quantitative estimate of drug-likeness (QED) is 0.721. The van der Waals surface area contributed by atoms with Crippen molar-refractivity contribution < 1.29 is 4.39 Å². The molecule has 20 heavy (non-hydrogen) atoms. The van der Waals surface area contributed by atoms with Gasteiger partial charge >= 0.3 is 0 Å². The smallest absolute Gasteiger partial charge is 0.147 e. The van der Waals surface area contributed by atoms with E-state index >= 15 is 0 Å². The van der Waals surface area contributed by atoms with Gasteiger partial charge in [-0.3, -0.25) is 4.57 Å². The van der Waals surface area contributed by atoms with Crippen LogP contribution in [0.2, 0.25) is 0 Å². The van der Waals surface area contributed by atoms with Gasteiger partial charge in [0.25, 0.3) is 0 Å². The third kappa shape index (κ3) is 2.16. The van der Waals surface area contributed by atoms with Crippen LogP contribution in [0.25, 0.3) is 16.9 Å². The fourth-order valence-electron chi connectivity index (χ4n) is 2.22. The van der Waals surface area contributed by atoms with Gasteiger partial charge < -0.3 is 5.73 Å². The van der Waals surface area contributed by atoms with Gasteiger partial charge in [0.1, 0.15) is 5.82 Å². The SMILES string of the molecule is Cc1cccc(-c2cncn2-c2cc(N)ccc2F)c1. The minimum Gasteiger partial charge on any atom is -0.399 e. The molecule has 2 aromatic carbocycles. The van der Waals surface area contributed by atoms with Crippen LogP contribution in [0.4, 0.5) is 10.1 Å². The van der Waals surface area contributed by atoms with Gasteiger partial charge in [0.05, 0.1) is 23.9 Å². The Kier molecular flexibility index (Phi) is 2.99. The Hall–Kier alpha value is -2.62. The van der Waals surface area contributed by atoms with Crippen molar-refractivity contribution in [2.24, 2.45) is 0 Å². The van der Waals surface area contributed by atoms with Crippen LogP contribution in [-0.4, -0.2) is 9.55 Å². The summed E-state index contributed by atoms with van der Waals surface area (Å²) in [6.45, 7) is 2.02. The lowest BCUT2D eigenvalue weighted by molar-refractivity contribution is 0.619. The summed E-state index contributed by atoms with van der Waals surface area (Å²) in [6, 6.07) is 12.5. The minimum absolute atomic E-state index is 0.328. The van der Waals surface area contributed by atoms with Crippen molar-refractivity contribution in [3.63, 3.8) is 0 Å². The second kappa shape index (κ2) is 4.81. The highest BCUT2D eigenvalue weighted by molar-refractivity contribution is 5.63. The summed E-state index contributed by atoms with van der Waals surface area (Å²) in [5.74, 6) is -0.328. The predicted molar refractivity (Wildman–Crippen MR) is 78.1 cm³/mol. The highest BCUT2D eigenvalue weighted by atomic mass is 19.1. The molecule has 0 radical (unpaired) electrons. The minimum atomic E-state index is -0.328. The zero-order chi connectivity index (χ0) is 14.1. The molecule has 3 rings (SSSR count). The predicted octanol–water partition coefficient (Wildman–Crippen LogP) is 3.57. The summed E-state index contributed by atoms with van der Waals surface area (Å²) in [5, 5.41) is 0. The number of hydrogen-bond donors (Lipinski definition) is 1.